The Hall–Kier alpha value is -3.32. The number of sulfonamides is 1. The number of piperazine rings is 1. The van der Waals surface area contributed by atoms with Gasteiger partial charge < -0.3 is 25.2 Å². The topological polar surface area (TPSA) is 115 Å². The second kappa shape index (κ2) is 14.0. The fourth-order valence-corrected chi connectivity index (χ4v) is 6.74. The third-order valence-corrected chi connectivity index (χ3v) is 9.49. The molecule has 3 N–H and O–H groups in total. The molecule has 2 aliphatic rings. The van der Waals surface area contributed by atoms with Gasteiger partial charge in [-0.25, -0.2) is 13.4 Å². The number of rotatable bonds is 10. The highest BCUT2D eigenvalue weighted by Crippen LogP contribution is 2.37. The number of aryl methyl sites for hydroxylation is 1. The minimum absolute atomic E-state index is 0.234. The number of piperidine rings is 1. The zero-order chi connectivity index (χ0) is 32.3. The summed E-state index contributed by atoms with van der Waals surface area (Å²) in [7, 11) is 0.355. The first kappa shape index (κ1) is 33.1. The van der Waals surface area contributed by atoms with E-state index < -0.39 is 10.0 Å². The van der Waals surface area contributed by atoms with Crippen molar-refractivity contribution in [2.45, 2.75) is 45.6 Å². The molecule has 3 aromatic rings. The summed E-state index contributed by atoms with van der Waals surface area (Å²) < 4.78 is 32.4. The van der Waals surface area contributed by atoms with E-state index in [-0.39, 0.29) is 5.92 Å². The SMILES string of the molecule is COc1cc(N2CCC(N3CCN(C)CC3)CC2)c(C)cc1Nc1ncc(Cl)c(Nc2cc(C(C)C)ccc2NS(C)(=O)=O)n1. The van der Waals surface area contributed by atoms with Crippen LogP contribution in [0.3, 0.4) is 0 Å². The van der Waals surface area contributed by atoms with Crippen molar-refractivity contribution >= 4 is 56.1 Å². The molecule has 2 aliphatic heterocycles. The number of nitrogens with one attached hydrogen (secondary N) is 3. The van der Waals surface area contributed by atoms with Crippen LogP contribution in [0.25, 0.3) is 0 Å². The van der Waals surface area contributed by atoms with Crippen LogP contribution in [-0.4, -0.2) is 93.9 Å². The van der Waals surface area contributed by atoms with Crippen LogP contribution in [0.4, 0.5) is 34.5 Å². The van der Waals surface area contributed by atoms with Gasteiger partial charge in [-0.2, -0.15) is 4.98 Å². The van der Waals surface area contributed by atoms with Crippen molar-refractivity contribution in [3.05, 3.63) is 52.7 Å². The van der Waals surface area contributed by atoms with Crippen LogP contribution in [0.2, 0.25) is 5.02 Å². The molecule has 45 heavy (non-hydrogen) atoms. The van der Waals surface area contributed by atoms with Gasteiger partial charge in [-0.1, -0.05) is 31.5 Å². The highest BCUT2D eigenvalue weighted by molar-refractivity contribution is 7.92. The van der Waals surface area contributed by atoms with Crippen LogP contribution < -0.4 is 25.0 Å². The molecule has 11 nitrogen and oxygen atoms in total. The number of hydrogen-bond acceptors (Lipinski definition) is 10. The molecule has 0 atom stereocenters. The zero-order valence-electron chi connectivity index (χ0n) is 27.0. The Balaban J connectivity index is 1.33. The standard InChI is InChI=1S/C32H45ClN8O3S/c1-21(2)23-7-8-26(38-45(6,42)43)27(18-23)35-31-25(33)20-34-32(37-31)36-28-17-22(3)29(19-30(28)44-5)41-11-9-24(10-12-41)40-15-13-39(4)14-16-40/h7-8,17-21,24,38H,9-16H2,1-6H3,(H2,34,35,36,37). The Labute approximate surface area is 272 Å². The van der Waals surface area contributed by atoms with Gasteiger partial charge in [0.2, 0.25) is 16.0 Å². The molecule has 13 heteroatoms. The lowest BCUT2D eigenvalue weighted by atomic mass is 10.0. The van der Waals surface area contributed by atoms with Crippen LogP contribution in [0.1, 0.15) is 43.7 Å². The lowest BCUT2D eigenvalue weighted by Gasteiger charge is -2.43. The average molecular weight is 657 g/mol. The molecule has 0 unspecified atom stereocenters. The monoisotopic (exact) mass is 656 g/mol. The molecule has 0 bridgehead atoms. The van der Waals surface area contributed by atoms with E-state index >= 15 is 0 Å². The summed E-state index contributed by atoms with van der Waals surface area (Å²) in [5.41, 5.74) is 5.00. The fraction of sp³-hybridized carbons (Fsp3) is 0.500. The first-order valence-electron chi connectivity index (χ1n) is 15.4. The van der Waals surface area contributed by atoms with Crippen LogP contribution in [0.5, 0.6) is 5.75 Å². The molecule has 2 saturated heterocycles. The normalized spacial score (nSPS) is 17.0. The molecule has 2 fully saturated rings. The number of anilines is 6. The number of ether oxygens (including phenoxy) is 1. The Bertz CT molecular complexity index is 1600. The van der Waals surface area contributed by atoms with Gasteiger partial charge in [0.15, 0.2) is 5.82 Å². The van der Waals surface area contributed by atoms with Gasteiger partial charge in [-0.3, -0.25) is 9.62 Å². The Morgan fingerprint density at radius 1 is 0.978 bits per heavy atom. The van der Waals surface area contributed by atoms with Gasteiger partial charge in [0.05, 0.1) is 36.6 Å². The van der Waals surface area contributed by atoms with E-state index in [1.807, 2.05) is 12.1 Å². The molecule has 5 rings (SSSR count). The lowest BCUT2D eigenvalue weighted by Crippen LogP contribution is -2.52. The second-order valence-electron chi connectivity index (χ2n) is 12.4. The van der Waals surface area contributed by atoms with Crippen molar-refractivity contribution in [1.82, 2.24) is 19.8 Å². The number of halogens is 1. The Morgan fingerprint density at radius 3 is 2.33 bits per heavy atom. The predicted octanol–water partition coefficient (Wildman–Crippen LogP) is 5.65. The molecule has 0 spiro atoms. The van der Waals surface area contributed by atoms with E-state index in [9.17, 15) is 8.42 Å². The summed E-state index contributed by atoms with van der Waals surface area (Å²) in [6.07, 6.45) is 4.93. The number of likely N-dealkylation sites (N-methyl/N-ethyl adjacent to an activating group) is 1. The van der Waals surface area contributed by atoms with Crippen LogP contribution in [-0.2, 0) is 10.0 Å². The van der Waals surface area contributed by atoms with E-state index in [4.69, 9.17) is 16.3 Å². The Morgan fingerprint density at radius 2 is 1.69 bits per heavy atom. The smallest absolute Gasteiger partial charge is 0.229 e. The molecular formula is C32H45ClN8O3S. The maximum Gasteiger partial charge on any atom is 0.229 e. The number of nitrogens with zero attached hydrogens (tertiary/aromatic N) is 5. The number of benzene rings is 2. The minimum Gasteiger partial charge on any atom is -0.494 e. The zero-order valence-corrected chi connectivity index (χ0v) is 28.6. The van der Waals surface area contributed by atoms with Crippen molar-refractivity contribution in [2.24, 2.45) is 0 Å². The van der Waals surface area contributed by atoms with Gasteiger partial charge in [-0.05, 0) is 62.1 Å². The third-order valence-electron chi connectivity index (χ3n) is 8.63. The summed E-state index contributed by atoms with van der Waals surface area (Å²) in [4.78, 5) is 16.6. The van der Waals surface area contributed by atoms with Crippen molar-refractivity contribution in [1.29, 1.82) is 0 Å². The summed E-state index contributed by atoms with van der Waals surface area (Å²) in [6.45, 7) is 12.9. The van der Waals surface area contributed by atoms with Crippen LogP contribution in [0, 0.1) is 6.92 Å². The van der Waals surface area contributed by atoms with E-state index in [1.54, 1.807) is 13.2 Å². The van der Waals surface area contributed by atoms with Gasteiger partial charge in [0.25, 0.3) is 0 Å². The van der Waals surface area contributed by atoms with E-state index in [0.29, 0.717) is 40.0 Å². The van der Waals surface area contributed by atoms with Crippen molar-refractivity contribution < 1.29 is 13.2 Å². The number of hydrogen-bond donors (Lipinski definition) is 3. The van der Waals surface area contributed by atoms with Gasteiger partial charge in [-0.15, -0.1) is 0 Å². The molecule has 3 heterocycles. The van der Waals surface area contributed by atoms with E-state index in [1.165, 1.54) is 11.9 Å². The fourth-order valence-electron chi connectivity index (χ4n) is 6.02. The molecule has 244 valence electrons. The highest BCUT2D eigenvalue weighted by Gasteiger charge is 2.28. The third kappa shape index (κ3) is 8.29. The van der Waals surface area contributed by atoms with Crippen molar-refractivity contribution in [3.63, 3.8) is 0 Å². The minimum atomic E-state index is -3.51. The lowest BCUT2D eigenvalue weighted by molar-refractivity contribution is 0.0982. The molecule has 0 aliphatic carbocycles. The summed E-state index contributed by atoms with van der Waals surface area (Å²) in [5, 5.41) is 6.80. The van der Waals surface area contributed by atoms with Gasteiger partial charge in [0.1, 0.15) is 10.8 Å². The molecule has 0 saturated carbocycles. The summed E-state index contributed by atoms with van der Waals surface area (Å²) in [5.74, 6) is 1.58. The maximum absolute atomic E-state index is 12.0. The first-order valence-corrected chi connectivity index (χ1v) is 17.7. The largest absolute Gasteiger partial charge is 0.494 e. The van der Waals surface area contributed by atoms with Crippen molar-refractivity contribution in [3.8, 4) is 5.75 Å². The summed E-state index contributed by atoms with van der Waals surface area (Å²) >= 11 is 6.50. The van der Waals surface area contributed by atoms with E-state index in [2.05, 4.69) is 80.0 Å². The molecule has 2 aromatic carbocycles. The van der Waals surface area contributed by atoms with E-state index in [0.717, 1.165) is 75.2 Å². The molecule has 1 aromatic heterocycles. The maximum atomic E-state index is 12.0. The first-order chi connectivity index (χ1) is 21.4. The predicted molar refractivity (Wildman–Crippen MR) is 185 cm³/mol. The quantitative estimate of drug-likeness (QED) is 0.253. The molecule has 0 radical (unpaired) electrons. The highest BCUT2D eigenvalue weighted by atomic mass is 35.5. The summed E-state index contributed by atoms with van der Waals surface area (Å²) in [6, 6.07) is 10.3. The second-order valence-corrected chi connectivity index (χ2v) is 14.5. The molecular weight excluding hydrogens is 612 g/mol. The Kier molecular flexibility index (Phi) is 10.3. The number of aromatic nitrogens is 2. The van der Waals surface area contributed by atoms with Crippen LogP contribution in [0.15, 0.2) is 36.5 Å². The van der Waals surface area contributed by atoms with Gasteiger partial charge in [0, 0.05) is 57.1 Å². The number of methoxy groups -OCH3 is 1. The van der Waals surface area contributed by atoms with Crippen molar-refractivity contribution in [2.75, 3.05) is 79.9 Å². The van der Waals surface area contributed by atoms with Crippen LogP contribution >= 0.6 is 11.6 Å². The molecule has 0 amide bonds. The average Bonchev–Trinajstić information content (AvgIpc) is 2.99. The van der Waals surface area contributed by atoms with Gasteiger partial charge >= 0.3 is 0 Å².